The molecule has 5 nitrogen and oxygen atoms in total. The Morgan fingerprint density at radius 2 is 1.97 bits per heavy atom. The molecule has 0 bridgehead atoms. The molecule has 1 atom stereocenters. The van der Waals surface area contributed by atoms with E-state index in [4.69, 9.17) is 4.42 Å². The summed E-state index contributed by atoms with van der Waals surface area (Å²) in [5.74, 6) is 0.900. The van der Waals surface area contributed by atoms with Gasteiger partial charge in [-0.15, -0.1) is 0 Å². The Morgan fingerprint density at radius 3 is 2.66 bits per heavy atom. The molecule has 148 valence electrons. The number of likely N-dealkylation sites (N-methyl/N-ethyl adjacent to an activating group) is 1. The van der Waals surface area contributed by atoms with E-state index >= 15 is 0 Å². The Morgan fingerprint density at radius 1 is 1.07 bits per heavy atom. The second-order valence-corrected chi connectivity index (χ2v) is 8.35. The minimum atomic E-state index is 0.174. The number of benzene rings is 1. The molecule has 1 fully saturated rings. The van der Waals surface area contributed by atoms with Crippen molar-refractivity contribution in [3.8, 4) is 22.5 Å². The lowest BCUT2D eigenvalue weighted by molar-refractivity contribution is 0.127. The maximum absolute atomic E-state index is 5.81. The molecule has 1 aliphatic heterocycles. The molecule has 0 amide bonds. The van der Waals surface area contributed by atoms with Gasteiger partial charge in [-0.2, -0.15) is 16.4 Å². The molecule has 0 radical (unpaired) electrons. The second-order valence-electron chi connectivity index (χ2n) is 7.57. The number of rotatable bonds is 5. The number of furan rings is 1. The van der Waals surface area contributed by atoms with Crippen molar-refractivity contribution in [1.82, 2.24) is 20.0 Å². The molecule has 0 spiro atoms. The minimum Gasteiger partial charge on any atom is -0.464 e. The molecule has 6 heteroatoms. The van der Waals surface area contributed by atoms with Gasteiger partial charge in [0.05, 0.1) is 18.5 Å². The maximum Gasteiger partial charge on any atom is 0.134 e. The maximum atomic E-state index is 5.81. The lowest BCUT2D eigenvalue weighted by Crippen LogP contribution is -2.46. The summed E-state index contributed by atoms with van der Waals surface area (Å²) >= 11 is 1.72. The van der Waals surface area contributed by atoms with Crippen LogP contribution in [-0.4, -0.2) is 53.2 Å². The summed E-state index contributed by atoms with van der Waals surface area (Å²) in [6.07, 6.45) is 5.71. The van der Waals surface area contributed by atoms with Crippen LogP contribution in [0, 0.1) is 0 Å². The van der Waals surface area contributed by atoms with Gasteiger partial charge < -0.3 is 9.32 Å². The number of nitrogens with one attached hydrogen (secondary N) is 1. The third kappa shape index (κ3) is 3.67. The van der Waals surface area contributed by atoms with Crippen LogP contribution in [0.25, 0.3) is 22.5 Å². The zero-order chi connectivity index (χ0) is 19.6. The van der Waals surface area contributed by atoms with E-state index in [0.29, 0.717) is 0 Å². The molecule has 4 heterocycles. The summed E-state index contributed by atoms with van der Waals surface area (Å²) < 4.78 is 5.81. The van der Waals surface area contributed by atoms with Crippen LogP contribution in [0.5, 0.6) is 0 Å². The van der Waals surface area contributed by atoms with Crippen LogP contribution in [0.15, 0.2) is 70.2 Å². The Bertz CT molecular complexity index is 1030. The molecule has 1 unspecified atom stereocenters. The number of hydrogen-bond acceptors (Lipinski definition) is 5. The zero-order valence-corrected chi connectivity index (χ0v) is 17.2. The van der Waals surface area contributed by atoms with E-state index in [1.54, 1.807) is 17.6 Å². The van der Waals surface area contributed by atoms with Crippen molar-refractivity contribution in [2.75, 3.05) is 33.2 Å². The number of thiophene rings is 1. The van der Waals surface area contributed by atoms with Crippen molar-refractivity contribution < 1.29 is 4.42 Å². The normalized spacial score (nSPS) is 16.9. The molecule has 1 N–H and O–H groups in total. The van der Waals surface area contributed by atoms with Crippen LogP contribution in [0.2, 0.25) is 0 Å². The largest absolute Gasteiger partial charge is 0.464 e. The first-order valence-corrected chi connectivity index (χ1v) is 10.9. The first-order chi connectivity index (χ1) is 14.3. The highest BCUT2D eigenvalue weighted by atomic mass is 32.1. The SMILES string of the molecule is CN1CCN(C(c2cn[nH]c2)c2ccc(-c3ccsc3)c(-c3ccco3)c2)CC1. The molecule has 1 aliphatic rings. The van der Waals surface area contributed by atoms with Crippen molar-refractivity contribution in [2.24, 2.45) is 0 Å². The Balaban J connectivity index is 1.60. The Kier molecular flexibility index (Phi) is 5.06. The summed E-state index contributed by atoms with van der Waals surface area (Å²) in [7, 11) is 2.19. The zero-order valence-electron chi connectivity index (χ0n) is 16.4. The number of hydrogen-bond donors (Lipinski definition) is 1. The monoisotopic (exact) mass is 404 g/mol. The number of piperazine rings is 1. The molecule has 0 saturated carbocycles. The third-order valence-electron chi connectivity index (χ3n) is 5.72. The molecule has 3 aromatic heterocycles. The third-order valence-corrected chi connectivity index (χ3v) is 6.40. The van der Waals surface area contributed by atoms with Crippen LogP contribution in [0.3, 0.4) is 0 Å². The molecule has 29 heavy (non-hydrogen) atoms. The standard InChI is InChI=1S/C23H24N4OS/c1-26-7-9-27(10-8-26)23(19-14-24-25-15-19)17-4-5-20(18-6-12-29-16-18)21(13-17)22-3-2-11-28-22/h2-6,11-16,23H,7-10H2,1H3,(H,24,25). The van der Waals surface area contributed by atoms with Gasteiger partial charge in [0.2, 0.25) is 0 Å². The highest BCUT2D eigenvalue weighted by molar-refractivity contribution is 7.08. The van der Waals surface area contributed by atoms with Crippen LogP contribution < -0.4 is 0 Å². The lowest BCUT2D eigenvalue weighted by Gasteiger charge is -2.38. The van der Waals surface area contributed by atoms with Crippen LogP contribution in [0.4, 0.5) is 0 Å². The van der Waals surface area contributed by atoms with Gasteiger partial charge in [-0.05, 0) is 58.8 Å². The van der Waals surface area contributed by atoms with Gasteiger partial charge in [-0.25, -0.2) is 0 Å². The number of aromatic amines is 1. The van der Waals surface area contributed by atoms with E-state index in [1.807, 2.05) is 24.5 Å². The quantitative estimate of drug-likeness (QED) is 0.522. The Hall–Kier alpha value is -2.67. The summed E-state index contributed by atoms with van der Waals surface area (Å²) in [5, 5.41) is 11.5. The molecule has 0 aliphatic carbocycles. The van der Waals surface area contributed by atoms with Crippen molar-refractivity contribution in [1.29, 1.82) is 0 Å². The smallest absolute Gasteiger partial charge is 0.134 e. The van der Waals surface area contributed by atoms with Crippen molar-refractivity contribution in [3.63, 3.8) is 0 Å². The molecular formula is C23H24N4OS. The van der Waals surface area contributed by atoms with E-state index < -0.39 is 0 Å². The van der Waals surface area contributed by atoms with Crippen LogP contribution in [-0.2, 0) is 0 Å². The average Bonchev–Trinajstić information content (AvgIpc) is 3.52. The fourth-order valence-electron chi connectivity index (χ4n) is 4.14. The van der Waals surface area contributed by atoms with Gasteiger partial charge in [0.25, 0.3) is 0 Å². The fourth-order valence-corrected chi connectivity index (χ4v) is 4.80. The number of H-pyrrole nitrogens is 1. The molecule has 1 aromatic carbocycles. The highest BCUT2D eigenvalue weighted by Gasteiger charge is 2.27. The fraction of sp³-hybridized carbons (Fsp3) is 0.261. The van der Waals surface area contributed by atoms with Gasteiger partial charge >= 0.3 is 0 Å². The Labute approximate surface area is 174 Å². The van der Waals surface area contributed by atoms with Crippen LogP contribution in [0.1, 0.15) is 17.2 Å². The van der Waals surface area contributed by atoms with E-state index in [2.05, 4.69) is 62.1 Å². The lowest BCUT2D eigenvalue weighted by atomic mass is 9.92. The van der Waals surface area contributed by atoms with Crippen molar-refractivity contribution in [3.05, 3.63) is 76.9 Å². The predicted octanol–water partition coefficient (Wildman–Crippen LogP) is 4.74. The van der Waals surface area contributed by atoms with Gasteiger partial charge in [0.1, 0.15) is 5.76 Å². The molecule has 1 saturated heterocycles. The van der Waals surface area contributed by atoms with Gasteiger partial charge in [-0.3, -0.25) is 10.00 Å². The first-order valence-electron chi connectivity index (χ1n) is 9.91. The average molecular weight is 405 g/mol. The second kappa shape index (κ2) is 7.99. The minimum absolute atomic E-state index is 0.174. The summed E-state index contributed by atoms with van der Waals surface area (Å²) in [5.41, 5.74) is 6.03. The topological polar surface area (TPSA) is 48.3 Å². The van der Waals surface area contributed by atoms with Crippen molar-refractivity contribution >= 4 is 11.3 Å². The van der Waals surface area contributed by atoms with E-state index in [1.165, 1.54) is 22.3 Å². The van der Waals surface area contributed by atoms with Gasteiger partial charge in [0, 0.05) is 43.5 Å². The van der Waals surface area contributed by atoms with Gasteiger partial charge in [-0.1, -0.05) is 12.1 Å². The van der Waals surface area contributed by atoms with E-state index in [-0.39, 0.29) is 6.04 Å². The molecule has 5 rings (SSSR count). The molecule has 4 aromatic rings. The van der Waals surface area contributed by atoms with E-state index in [0.717, 1.165) is 37.5 Å². The summed E-state index contributed by atoms with van der Waals surface area (Å²) in [6, 6.07) is 13.1. The van der Waals surface area contributed by atoms with Crippen LogP contribution >= 0.6 is 11.3 Å². The predicted molar refractivity (Wildman–Crippen MR) is 117 cm³/mol. The first kappa shape index (κ1) is 18.4. The summed E-state index contributed by atoms with van der Waals surface area (Å²) in [4.78, 5) is 4.94. The van der Waals surface area contributed by atoms with Gasteiger partial charge in [0.15, 0.2) is 0 Å². The highest BCUT2D eigenvalue weighted by Crippen LogP contribution is 2.38. The number of aromatic nitrogens is 2. The van der Waals surface area contributed by atoms with E-state index in [9.17, 15) is 0 Å². The van der Waals surface area contributed by atoms with Crippen molar-refractivity contribution in [2.45, 2.75) is 6.04 Å². The number of nitrogens with zero attached hydrogens (tertiary/aromatic N) is 3. The molecular weight excluding hydrogens is 380 g/mol. The summed E-state index contributed by atoms with van der Waals surface area (Å²) in [6.45, 7) is 4.22.